The second-order valence-electron chi connectivity index (χ2n) is 4.87. The minimum absolute atomic E-state index is 0.0865. The zero-order valence-corrected chi connectivity index (χ0v) is 13.5. The second-order valence-corrected chi connectivity index (χ2v) is 5.69. The van der Waals surface area contributed by atoms with Crippen LogP contribution in [0.4, 0.5) is 17.1 Å². The second kappa shape index (κ2) is 6.32. The molecule has 1 heterocycles. The van der Waals surface area contributed by atoms with E-state index in [4.69, 9.17) is 23.2 Å². The van der Waals surface area contributed by atoms with Crippen molar-refractivity contribution < 1.29 is 4.92 Å². The van der Waals surface area contributed by atoms with Gasteiger partial charge in [-0.1, -0.05) is 23.2 Å². The number of rotatable bonds is 3. The van der Waals surface area contributed by atoms with Gasteiger partial charge in [-0.2, -0.15) is 5.26 Å². The van der Waals surface area contributed by atoms with Gasteiger partial charge in [-0.15, -0.1) is 0 Å². The average Bonchev–Trinajstić information content (AvgIpc) is 2.58. The smallest absolute Gasteiger partial charge is 0.270 e. The van der Waals surface area contributed by atoms with Gasteiger partial charge in [-0.05, 0) is 24.3 Å². The first-order valence-electron chi connectivity index (χ1n) is 6.69. The van der Waals surface area contributed by atoms with Crippen molar-refractivity contribution >= 4 is 51.2 Å². The van der Waals surface area contributed by atoms with Gasteiger partial charge in [0.1, 0.15) is 6.07 Å². The number of anilines is 2. The maximum atomic E-state index is 11.0. The molecule has 0 aliphatic rings. The Kier molecular flexibility index (Phi) is 4.21. The monoisotopic (exact) mass is 358 g/mol. The molecule has 0 saturated carbocycles. The third-order valence-corrected chi connectivity index (χ3v) is 4.11. The van der Waals surface area contributed by atoms with Gasteiger partial charge < -0.3 is 5.32 Å². The summed E-state index contributed by atoms with van der Waals surface area (Å²) in [5.74, 6) is 0. The van der Waals surface area contributed by atoms with Gasteiger partial charge in [-0.25, -0.2) is 0 Å². The zero-order chi connectivity index (χ0) is 17.3. The molecule has 0 fully saturated rings. The zero-order valence-electron chi connectivity index (χ0n) is 12.0. The first-order chi connectivity index (χ1) is 11.5. The Hall–Kier alpha value is -2.88. The first kappa shape index (κ1) is 16.0. The quantitative estimate of drug-likeness (QED) is 0.521. The summed E-state index contributed by atoms with van der Waals surface area (Å²) in [5.41, 5.74) is 1.72. The maximum absolute atomic E-state index is 11.0. The number of hydrogen-bond acceptors (Lipinski definition) is 5. The lowest BCUT2D eigenvalue weighted by atomic mass is 10.1. The van der Waals surface area contributed by atoms with Crippen LogP contribution in [0, 0.1) is 21.4 Å². The van der Waals surface area contributed by atoms with Crippen molar-refractivity contribution in [3.05, 3.63) is 68.3 Å². The number of nitrogens with zero attached hydrogens (tertiary/aromatic N) is 3. The Balaban J connectivity index is 2.19. The molecular weight excluding hydrogens is 351 g/mol. The van der Waals surface area contributed by atoms with E-state index in [9.17, 15) is 15.4 Å². The van der Waals surface area contributed by atoms with Crippen molar-refractivity contribution in [1.82, 2.24) is 4.98 Å². The standard InChI is InChI=1S/C16H8Cl2N4O2/c17-13-3-1-10(5-14(13)18)21-16-9(7-19)8-20-15-4-2-11(22(23)24)6-12(15)16/h1-6,8H,(H,20,21). The SMILES string of the molecule is N#Cc1cnc2ccc([N+](=O)[O-])cc2c1Nc1ccc(Cl)c(Cl)c1. The van der Waals surface area contributed by atoms with Gasteiger partial charge >= 0.3 is 0 Å². The number of halogens is 2. The summed E-state index contributed by atoms with van der Waals surface area (Å²) >= 11 is 11.9. The van der Waals surface area contributed by atoms with Crippen molar-refractivity contribution in [2.75, 3.05) is 5.32 Å². The molecule has 0 bridgehead atoms. The summed E-state index contributed by atoms with van der Waals surface area (Å²) in [6.07, 6.45) is 1.41. The topological polar surface area (TPSA) is 91.8 Å². The van der Waals surface area contributed by atoms with Gasteiger partial charge in [0.2, 0.25) is 0 Å². The number of benzene rings is 2. The Morgan fingerprint density at radius 1 is 1.17 bits per heavy atom. The van der Waals surface area contributed by atoms with E-state index in [0.717, 1.165) is 0 Å². The van der Waals surface area contributed by atoms with Gasteiger partial charge in [0.25, 0.3) is 5.69 Å². The Labute approximate surface area is 146 Å². The fourth-order valence-electron chi connectivity index (χ4n) is 2.23. The molecule has 3 rings (SSSR count). The summed E-state index contributed by atoms with van der Waals surface area (Å²) in [6.45, 7) is 0. The molecule has 0 radical (unpaired) electrons. The van der Waals surface area contributed by atoms with Crippen molar-refractivity contribution in [3.63, 3.8) is 0 Å². The fraction of sp³-hybridized carbons (Fsp3) is 0. The van der Waals surface area contributed by atoms with Crippen LogP contribution in [-0.4, -0.2) is 9.91 Å². The lowest BCUT2D eigenvalue weighted by Crippen LogP contribution is -1.98. The number of nitro benzene ring substituents is 1. The van der Waals surface area contributed by atoms with Gasteiger partial charge in [0.05, 0.1) is 31.7 Å². The van der Waals surface area contributed by atoms with Crippen LogP contribution in [-0.2, 0) is 0 Å². The molecule has 0 aliphatic heterocycles. The largest absolute Gasteiger partial charge is 0.354 e. The summed E-state index contributed by atoms with van der Waals surface area (Å²) in [7, 11) is 0. The molecule has 0 saturated heterocycles. The first-order valence-corrected chi connectivity index (χ1v) is 7.44. The third-order valence-electron chi connectivity index (χ3n) is 3.37. The number of nitriles is 1. The highest BCUT2D eigenvalue weighted by Gasteiger charge is 2.14. The molecule has 8 heteroatoms. The van der Waals surface area contributed by atoms with Crippen LogP contribution in [0.25, 0.3) is 10.9 Å². The minimum Gasteiger partial charge on any atom is -0.354 e. The molecule has 0 spiro atoms. The molecule has 3 aromatic rings. The molecule has 6 nitrogen and oxygen atoms in total. The van der Waals surface area contributed by atoms with Crippen LogP contribution in [0.5, 0.6) is 0 Å². The highest BCUT2D eigenvalue weighted by molar-refractivity contribution is 6.42. The summed E-state index contributed by atoms with van der Waals surface area (Å²) in [6, 6.07) is 11.2. The van der Waals surface area contributed by atoms with E-state index in [1.807, 2.05) is 6.07 Å². The summed E-state index contributed by atoms with van der Waals surface area (Å²) in [4.78, 5) is 14.7. The predicted octanol–water partition coefficient (Wildman–Crippen LogP) is 5.07. The van der Waals surface area contributed by atoms with E-state index in [1.54, 1.807) is 18.2 Å². The van der Waals surface area contributed by atoms with E-state index in [1.165, 1.54) is 24.4 Å². The Morgan fingerprint density at radius 3 is 2.62 bits per heavy atom. The molecule has 0 amide bonds. The van der Waals surface area contributed by atoms with Crippen LogP contribution in [0.15, 0.2) is 42.6 Å². The number of nitrogens with one attached hydrogen (secondary N) is 1. The van der Waals surface area contributed by atoms with Crippen LogP contribution in [0.3, 0.4) is 0 Å². The van der Waals surface area contributed by atoms with Crippen molar-refractivity contribution in [2.24, 2.45) is 0 Å². The molecule has 1 N–H and O–H groups in total. The fourth-order valence-corrected chi connectivity index (χ4v) is 2.53. The number of hydrogen-bond donors (Lipinski definition) is 1. The molecule has 0 atom stereocenters. The summed E-state index contributed by atoms with van der Waals surface area (Å²) < 4.78 is 0. The number of aromatic nitrogens is 1. The van der Waals surface area contributed by atoms with Crippen LogP contribution < -0.4 is 5.32 Å². The normalized spacial score (nSPS) is 10.4. The maximum Gasteiger partial charge on any atom is 0.270 e. The number of pyridine rings is 1. The number of nitro groups is 1. The number of fused-ring (bicyclic) bond motifs is 1. The highest BCUT2D eigenvalue weighted by atomic mass is 35.5. The predicted molar refractivity (Wildman–Crippen MR) is 92.9 cm³/mol. The van der Waals surface area contributed by atoms with E-state index >= 15 is 0 Å². The van der Waals surface area contributed by atoms with Gasteiger partial charge in [0.15, 0.2) is 0 Å². The average molecular weight is 359 g/mol. The molecule has 24 heavy (non-hydrogen) atoms. The third kappa shape index (κ3) is 2.95. The molecule has 1 aromatic heterocycles. The Morgan fingerprint density at radius 2 is 1.96 bits per heavy atom. The van der Waals surface area contributed by atoms with Gasteiger partial charge in [-0.3, -0.25) is 15.1 Å². The molecule has 0 unspecified atom stereocenters. The minimum atomic E-state index is -0.499. The van der Waals surface area contributed by atoms with Crippen molar-refractivity contribution in [2.45, 2.75) is 0 Å². The molecular formula is C16H8Cl2N4O2. The van der Waals surface area contributed by atoms with Gasteiger partial charge in [0, 0.05) is 29.4 Å². The van der Waals surface area contributed by atoms with Crippen LogP contribution in [0.2, 0.25) is 10.0 Å². The highest BCUT2D eigenvalue weighted by Crippen LogP contribution is 2.33. The molecule has 2 aromatic carbocycles. The molecule has 0 aliphatic carbocycles. The van der Waals surface area contributed by atoms with E-state index in [2.05, 4.69) is 10.3 Å². The van der Waals surface area contributed by atoms with E-state index < -0.39 is 4.92 Å². The Bertz CT molecular complexity index is 1010. The van der Waals surface area contributed by atoms with Crippen molar-refractivity contribution in [1.29, 1.82) is 5.26 Å². The van der Waals surface area contributed by atoms with Crippen LogP contribution >= 0.6 is 23.2 Å². The summed E-state index contributed by atoms with van der Waals surface area (Å²) in [5, 5.41) is 24.6. The lowest BCUT2D eigenvalue weighted by molar-refractivity contribution is -0.384. The van der Waals surface area contributed by atoms with E-state index in [0.29, 0.717) is 32.3 Å². The van der Waals surface area contributed by atoms with Crippen molar-refractivity contribution in [3.8, 4) is 6.07 Å². The number of non-ortho nitro benzene ring substituents is 1. The molecule has 118 valence electrons. The lowest BCUT2D eigenvalue weighted by Gasteiger charge is -2.12. The van der Waals surface area contributed by atoms with E-state index in [-0.39, 0.29) is 11.3 Å². The van der Waals surface area contributed by atoms with Crippen LogP contribution in [0.1, 0.15) is 5.56 Å².